The Morgan fingerprint density at radius 3 is 2.12 bits per heavy atom. The van der Waals surface area contributed by atoms with Gasteiger partial charge in [-0.25, -0.2) is 4.98 Å². The Morgan fingerprint density at radius 2 is 1.23 bits per heavy atom. The molecule has 0 unspecified atom stereocenters. The number of anilines is 3. The van der Waals surface area contributed by atoms with Crippen molar-refractivity contribution in [3.8, 4) is 0 Å². The van der Waals surface area contributed by atoms with Crippen molar-refractivity contribution in [3.63, 3.8) is 0 Å². The first-order valence-electron chi connectivity index (χ1n) is 21.2. The maximum Gasteiger partial charge on any atom is 0.227 e. The highest BCUT2D eigenvalue weighted by Crippen LogP contribution is 2.45. The molecule has 10 aromatic rings. The molecule has 60 heavy (non-hydrogen) atoms. The lowest BCUT2D eigenvalue weighted by Gasteiger charge is -2.29. The number of rotatable bonds is 5. The zero-order valence-corrected chi connectivity index (χ0v) is 33.8. The molecule has 2 aliphatic carbocycles. The van der Waals surface area contributed by atoms with E-state index in [1.807, 2.05) is 0 Å². The van der Waals surface area contributed by atoms with Crippen molar-refractivity contribution in [1.29, 1.82) is 0 Å². The van der Waals surface area contributed by atoms with Crippen LogP contribution in [0.3, 0.4) is 0 Å². The predicted molar refractivity (Wildman–Crippen MR) is 256 cm³/mol. The minimum absolute atomic E-state index is 0.686. The summed E-state index contributed by atoms with van der Waals surface area (Å²) in [6.07, 6.45) is 15.4. The molecule has 9 aromatic carbocycles. The second kappa shape index (κ2) is 13.7. The Bertz CT molecular complexity index is 3580. The van der Waals surface area contributed by atoms with Crippen molar-refractivity contribution in [3.05, 3.63) is 192 Å². The second-order valence-corrected chi connectivity index (χ2v) is 16.6. The van der Waals surface area contributed by atoms with E-state index in [1.54, 1.807) is 0 Å². The monoisotopic (exact) mass is 770 g/mol. The summed E-state index contributed by atoms with van der Waals surface area (Å²) in [5.74, 6) is 0.686. The second-order valence-electron chi connectivity index (χ2n) is 16.6. The van der Waals surface area contributed by atoms with Gasteiger partial charge in [0.25, 0.3) is 0 Å². The number of allylic oxidation sites excluding steroid dienone is 8. The molecule has 0 spiro atoms. The van der Waals surface area contributed by atoms with Gasteiger partial charge < -0.3 is 9.32 Å². The molecule has 0 fully saturated rings. The number of aromatic nitrogens is 1. The van der Waals surface area contributed by atoms with Crippen LogP contribution < -0.4 is 4.90 Å². The zero-order chi connectivity index (χ0) is 39.9. The third-order valence-corrected chi connectivity index (χ3v) is 13.0. The van der Waals surface area contributed by atoms with Crippen LogP contribution in [0.2, 0.25) is 0 Å². The first-order chi connectivity index (χ1) is 29.6. The molecule has 0 radical (unpaired) electrons. The molecule has 0 saturated heterocycles. The smallest absolute Gasteiger partial charge is 0.227 e. The van der Waals surface area contributed by atoms with Crippen LogP contribution in [0.1, 0.15) is 49.6 Å². The van der Waals surface area contributed by atoms with Gasteiger partial charge in [0.2, 0.25) is 5.89 Å². The van der Waals surface area contributed by atoms with Gasteiger partial charge in [-0.05, 0) is 153 Å². The Labute approximate surface area is 348 Å². The topological polar surface area (TPSA) is 29.3 Å². The number of fused-ring (bicyclic) bond motifs is 12. The van der Waals surface area contributed by atoms with Gasteiger partial charge >= 0.3 is 0 Å². The van der Waals surface area contributed by atoms with E-state index in [0.29, 0.717) is 5.89 Å². The van der Waals surface area contributed by atoms with Gasteiger partial charge in [-0.3, -0.25) is 0 Å². The van der Waals surface area contributed by atoms with Gasteiger partial charge in [-0.2, -0.15) is 0 Å². The molecule has 1 aromatic heterocycles. The molecule has 1 heterocycles. The summed E-state index contributed by atoms with van der Waals surface area (Å²) in [6, 6.07) is 52.0. The third-order valence-electron chi connectivity index (χ3n) is 13.0. The Hall–Kier alpha value is -7.23. The third kappa shape index (κ3) is 5.46. The molecular weight excluding hydrogens is 729 g/mol. The minimum atomic E-state index is 0.686. The lowest BCUT2D eigenvalue weighted by atomic mass is 9.90. The molecule has 3 nitrogen and oxygen atoms in total. The summed E-state index contributed by atoms with van der Waals surface area (Å²) >= 11 is 0. The normalized spacial score (nSPS) is 14.5. The van der Waals surface area contributed by atoms with Crippen LogP contribution in [0.25, 0.3) is 86.9 Å². The number of nitrogens with zero attached hydrogens (tertiary/aromatic N) is 2. The van der Waals surface area contributed by atoms with Crippen LogP contribution in [0.4, 0.5) is 17.1 Å². The Kier molecular flexibility index (Phi) is 7.93. The van der Waals surface area contributed by atoms with Crippen LogP contribution >= 0.6 is 0 Å². The Balaban J connectivity index is 1.11. The zero-order valence-electron chi connectivity index (χ0n) is 33.8. The van der Waals surface area contributed by atoms with Gasteiger partial charge in [0.15, 0.2) is 5.58 Å². The first kappa shape index (κ1) is 34.8. The van der Waals surface area contributed by atoms with Crippen molar-refractivity contribution < 1.29 is 4.42 Å². The largest absolute Gasteiger partial charge is 0.435 e. The van der Waals surface area contributed by atoms with E-state index in [9.17, 15) is 0 Å². The van der Waals surface area contributed by atoms with E-state index in [-0.39, 0.29) is 0 Å². The fourth-order valence-corrected chi connectivity index (χ4v) is 9.97. The van der Waals surface area contributed by atoms with Crippen molar-refractivity contribution in [2.45, 2.75) is 39.5 Å². The number of hydrogen-bond acceptors (Lipinski definition) is 3. The van der Waals surface area contributed by atoms with Crippen LogP contribution in [0, 0.1) is 6.92 Å². The number of hydrogen-bond donors (Lipinski definition) is 0. The fraction of sp³-hybridized carbons (Fsp3) is 0.105. The van der Waals surface area contributed by atoms with Gasteiger partial charge in [-0.15, -0.1) is 0 Å². The van der Waals surface area contributed by atoms with Crippen LogP contribution in [0.15, 0.2) is 180 Å². The number of oxazole rings is 1. The average molecular weight is 771 g/mol. The SMILES string of the molecule is CC1=C(c2cc(N(c3ccc4ccc5c(ccc6nc(C7=CCCC=C7)oc65)c4c3)c3cccc4c3ccc3ccc5c6ccccc6ccc5c34)ccc2C)C=CCC1. The van der Waals surface area contributed by atoms with Crippen LogP contribution in [-0.2, 0) is 0 Å². The summed E-state index contributed by atoms with van der Waals surface area (Å²) < 4.78 is 6.56. The lowest BCUT2D eigenvalue weighted by Crippen LogP contribution is -2.11. The molecule has 0 aliphatic heterocycles. The molecule has 0 atom stereocenters. The van der Waals surface area contributed by atoms with E-state index in [1.165, 1.54) is 76.1 Å². The molecule has 2 aliphatic rings. The first-order valence-corrected chi connectivity index (χ1v) is 21.2. The summed E-state index contributed by atoms with van der Waals surface area (Å²) in [5, 5.41) is 14.7. The molecular formula is C57H42N2O. The molecule has 0 amide bonds. The summed E-state index contributed by atoms with van der Waals surface area (Å²) in [7, 11) is 0. The predicted octanol–water partition coefficient (Wildman–Crippen LogP) is 16.4. The van der Waals surface area contributed by atoms with E-state index >= 15 is 0 Å². The fourth-order valence-electron chi connectivity index (χ4n) is 9.97. The van der Waals surface area contributed by atoms with Crippen molar-refractivity contribution in [1.82, 2.24) is 4.98 Å². The molecule has 0 bridgehead atoms. The van der Waals surface area contributed by atoms with Crippen molar-refractivity contribution in [2.24, 2.45) is 0 Å². The van der Waals surface area contributed by atoms with E-state index in [2.05, 4.69) is 189 Å². The standard InChI is InChI=1S/C57H42N2O/c1-35-11-6-8-15-43(35)51-33-41(25-19-36(51)2)59(54-18-10-17-48-47(54)28-24-39-23-27-45-44-16-9-7-12-37(44)21-29-49(45)55(39)48)42-26-20-38-22-30-50-46(52(38)34-42)31-32-53-56(50)60-57(58-53)40-13-4-3-5-14-40/h4,7-10,12-34H,3,5-6,11H2,1-2H3. The Morgan fingerprint density at radius 1 is 0.533 bits per heavy atom. The summed E-state index contributed by atoms with van der Waals surface area (Å²) in [4.78, 5) is 7.41. The van der Waals surface area contributed by atoms with E-state index in [0.717, 1.165) is 70.2 Å². The highest BCUT2D eigenvalue weighted by Gasteiger charge is 2.21. The summed E-state index contributed by atoms with van der Waals surface area (Å²) in [5.41, 5.74) is 11.5. The van der Waals surface area contributed by atoms with E-state index in [4.69, 9.17) is 9.40 Å². The molecule has 286 valence electrons. The summed E-state index contributed by atoms with van der Waals surface area (Å²) in [6.45, 7) is 4.53. The molecule has 0 saturated carbocycles. The number of aryl methyl sites for hydroxylation is 1. The average Bonchev–Trinajstić information content (AvgIpc) is 3.75. The maximum absolute atomic E-state index is 6.56. The van der Waals surface area contributed by atoms with Crippen LogP contribution in [0.5, 0.6) is 0 Å². The van der Waals surface area contributed by atoms with Gasteiger partial charge in [0, 0.05) is 27.7 Å². The lowest BCUT2D eigenvalue weighted by molar-refractivity contribution is 0.588. The van der Waals surface area contributed by atoms with Gasteiger partial charge in [0.1, 0.15) is 5.52 Å². The van der Waals surface area contributed by atoms with Crippen molar-refractivity contribution >= 4 is 104 Å². The number of benzene rings is 9. The maximum atomic E-state index is 6.56. The molecule has 0 N–H and O–H groups in total. The molecule has 12 rings (SSSR count). The van der Waals surface area contributed by atoms with Gasteiger partial charge in [0.05, 0.1) is 5.69 Å². The van der Waals surface area contributed by atoms with Crippen molar-refractivity contribution in [2.75, 3.05) is 4.90 Å². The van der Waals surface area contributed by atoms with Gasteiger partial charge in [-0.1, -0.05) is 133 Å². The van der Waals surface area contributed by atoms with Crippen LogP contribution in [-0.4, -0.2) is 4.98 Å². The molecule has 3 heteroatoms. The van der Waals surface area contributed by atoms with E-state index < -0.39 is 0 Å². The quantitative estimate of drug-likeness (QED) is 0.163. The highest BCUT2D eigenvalue weighted by atomic mass is 16.3. The highest BCUT2D eigenvalue weighted by molar-refractivity contribution is 6.26. The minimum Gasteiger partial charge on any atom is -0.435 e.